The van der Waals surface area contributed by atoms with Crippen LogP contribution in [0, 0.1) is 29.1 Å². The van der Waals surface area contributed by atoms with Crippen molar-refractivity contribution < 1.29 is 0 Å². The Labute approximate surface area is 125 Å². The molecular formula is C17H19ClN2. The van der Waals surface area contributed by atoms with E-state index in [2.05, 4.69) is 11.4 Å². The highest BCUT2D eigenvalue weighted by atomic mass is 35.5. The van der Waals surface area contributed by atoms with Crippen LogP contribution in [0.15, 0.2) is 18.2 Å². The van der Waals surface area contributed by atoms with Crippen molar-refractivity contribution in [2.75, 3.05) is 5.32 Å². The smallest absolute Gasteiger partial charge is 0.101 e. The van der Waals surface area contributed by atoms with Crippen molar-refractivity contribution in [2.45, 2.75) is 44.1 Å². The van der Waals surface area contributed by atoms with Crippen molar-refractivity contribution in [3.8, 4) is 6.07 Å². The summed E-state index contributed by atoms with van der Waals surface area (Å²) < 4.78 is 0. The number of halogens is 1. The monoisotopic (exact) mass is 286 g/mol. The summed E-state index contributed by atoms with van der Waals surface area (Å²) in [5.74, 6) is 2.80. The average molecular weight is 287 g/mol. The minimum atomic E-state index is 0.298. The van der Waals surface area contributed by atoms with E-state index in [1.807, 2.05) is 18.2 Å². The van der Waals surface area contributed by atoms with Gasteiger partial charge in [-0.25, -0.2) is 0 Å². The summed E-state index contributed by atoms with van der Waals surface area (Å²) in [5.41, 5.74) is 1.94. The Bertz CT molecular complexity index is 552. The first-order valence-electron chi connectivity index (χ1n) is 7.64. The minimum Gasteiger partial charge on any atom is -0.380 e. The van der Waals surface area contributed by atoms with Gasteiger partial charge in [0.1, 0.15) is 6.07 Å². The molecule has 0 aliphatic heterocycles. The highest BCUT2D eigenvalue weighted by Gasteiger charge is 2.50. The molecule has 20 heavy (non-hydrogen) atoms. The van der Waals surface area contributed by atoms with Gasteiger partial charge < -0.3 is 5.32 Å². The second-order valence-electron chi connectivity index (χ2n) is 7.13. The number of hydrogen-bond donors (Lipinski definition) is 1. The molecule has 5 rings (SSSR count). The summed E-state index contributed by atoms with van der Waals surface area (Å²) in [5, 5.41) is 13.3. The fourth-order valence-electron chi connectivity index (χ4n) is 5.25. The zero-order valence-electron chi connectivity index (χ0n) is 11.5. The van der Waals surface area contributed by atoms with E-state index in [0.717, 1.165) is 23.4 Å². The van der Waals surface area contributed by atoms with Crippen molar-refractivity contribution >= 4 is 17.3 Å². The summed E-state index contributed by atoms with van der Waals surface area (Å²) in [4.78, 5) is 0. The van der Waals surface area contributed by atoms with Gasteiger partial charge in [-0.2, -0.15) is 5.26 Å². The number of nitrogens with zero attached hydrogens (tertiary/aromatic N) is 1. The number of benzene rings is 1. The quantitative estimate of drug-likeness (QED) is 0.863. The second kappa shape index (κ2) is 4.40. The average Bonchev–Trinajstić information content (AvgIpc) is 2.36. The number of nitriles is 1. The Morgan fingerprint density at radius 2 is 1.70 bits per heavy atom. The Balaban J connectivity index is 1.60. The lowest BCUT2D eigenvalue weighted by atomic mass is 9.53. The van der Waals surface area contributed by atoms with Crippen LogP contribution in [0.3, 0.4) is 0 Å². The van der Waals surface area contributed by atoms with E-state index in [-0.39, 0.29) is 0 Å². The first-order chi connectivity index (χ1) is 9.66. The van der Waals surface area contributed by atoms with Crippen LogP contribution in [0.1, 0.15) is 44.1 Å². The van der Waals surface area contributed by atoms with Crippen LogP contribution in [0.2, 0.25) is 5.02 Å². The minimum absolute atomic E-state index is 0.298. The third-order valence-corrected chi connectivity index (χ3v) is 5.85. The van der Waals surface area contributed by atoms with Crippen molar-refractivity contribution in [2.24, 2.45) is 17.8 Å². The summed E-state index contributed by atoms with van der Waals surface area (Å²) >= 11 is 6.15. The zero-order chi connectivity index (χ0) is 13.7. The lowest BCUT2D eigenvalue weighted by molar-refractivity contribution is 0.0107. The van der Waals surface area contributed by atoms with Gasteiger partial charge in [0.05, 0.1) is 10.6 Å². The van der Waals surface area contributed by atoms with Gasteiger partial charge >= 0.3 is 0 Å². The summed E-state index contributed by atoms with van der Waals surface area (Å²) in [6.45, 7) is 0. The van der Waals surface area contributed by atoms with E-state index in [9.17, 15) is 0 Å². The highest BCUT2D eigenvalue weighted by Crippen LogP contribution is 2.56. The zero-order valence-corrected chi connectivity index (χ0v) is 12.3. The molecule has 0 saturated heterocycles. The topological polar surface area (TPSA) is 35.8 Å². The lowest BCUT2D eigenvalue weighted by Crippen LogP contribution is -2.54. The van der Waals surface area contributed by atoms with Gasteiger partial charge in [0.15, 0.2) is 0 Å². The molecule has 2 nitrogen and oxygen atoms in total. The Morgan fingerprint density at radius 3 is 2.20 bits per heavy atom. The Kier molecular flexibility index (Phi) is 2.76. The van der Waals surface area contributed by atoms with E-state index in [1.165, 1.54) is 38.5 Å². The molecule has 4 bridgehead atoms. The Morgan fingerprint density at radius 1 is 1.10 bits per heavy atom. The van der Waals surface area contributed by atoms with Crippen molar-refractivity contribution in [3.05, 3.63) is 28.8 Å². The van der Waals surface area contributed by atoms with Crippen LogP contribution in [-0.4, -0.2) is 5.54 Å². The maximum atomic E-state index is 8.96. The summed E-state index contributed by atoms with van der Waals surface area (Å²) in [7, 11) is 0. The molecule has 0 heterocycles. The maximum Gasteiger partial charge on any atom is 0.101 e. The van der Waals surface area contributed by atoms with Gasteiger partial charge in [-0.1, -0.05) is 11.6 Å². The maximum absolute atomic E-state index is 8.96. The third kappa shape index (κ3) is 2.00. The van der Waals surface area contributed by atoms with Crippen molar-refractivity contribution in [1.82, 2.24) is 0 Å². The molecule has 0 spiro atoms. The number of rotatable bonds is 2. The van der Waals surface area contributed by atoms with E-state index in [0.29, 0.717) is 16.1 Å². The van der Waals surface area contributed by atoms with Gasteiger partial charge in [0, 0.05) is 11.2 Å². The first kappa shape index (κ1) is 12.5. The molecule has 0 radical (unpaired) electrons. The molecule has 0 unspecified atom stereocenters. The van der Waals surface area contributed by atoms with Gasteiger partial charge in [0.25, 0.3) is 0 Å². The highest BCUT2D eigenvalue weighted by molar-refractivity contribution is 6.32. The van der Waals surface area contributed by atoms with E-state index in [4.69, 9.17) is 16.9 Å². The molecule has 0 aromatic heterocycles. The molecule has 4 saturated carbocycles. The van der Waals surface area contributed by atoms with Crippen molar-refractivity contribution in [1.29, 1.82) is 5.26 Å². The van der Waals surface area contributed by atoms with Crippen molar-refractivity contribution in [3.63, 3.8) is 0 Å². The second-order valence-corrected chi connectivity index (χ2v) is 7.54. The molecule has 4 aliphatic carbocycles. The van der Waals surface area contributed by atoms with Crippen LogP contribution in [0.4, 0.5) is 5.69 Å². The molecule has 1 N–H and O–H groups in total. The van der Waals surface area contributed by atoms with Gasteiger partial charge in [-0.05, 0) is 74.5 Å². The number of anilines is 1. The van der Waals surface area contributed by atoms with Crippen LogP contribution >= 0.6 is 11.6 Å². The fourth-order valence-corrected chi connectivity index (χ4v) is 5.48. The summed E-state index contributed by atoms with van der Waals surface area (Å²) in [6, 6.07) is 7.87. The Hall–Kier alpha value is -1.20. The molecule has 4 aliphatic rings. The predicted molar refractivity (Wildman–Crippen MR) is 80.7 cm³/mol. The summed E-state index contributed by atoms with van der Waals surface area (Å²) in [6.07, 6.45) is 8.31. The molecule has 1 aromatic rings. The molecular weight excluding hydrogens is 268 g/mol. The van der Waals surface area contributed by atoms with Crippen LogP contribution in [0.5, 0.6) is 0 Å². The lowest BCUT2D eigenvalue weighted by Gasteiger charge is -2.57. The molecule has 4 fully saturated rings. The van der Waals surface area contributed by atoms with Crippen LogP contribution < -0.4 is 5.32 Å². The molecule has 1 aromatic carbocycles. The molecule has 0 amide bonds. The van der Waals surface area contributed by atoms with E-state index in [1.54, 1.807) is 0 Å². The van der Waals surface area contributed by atoms with Crippen LogP contribution in [0.25, 0.3) is 0 Å². The largest absolute Gasteiger partial charge is 0.380 e. The normalized spacial score (nSPS) is 37.7. The fraction of sp³-hybridized carbons (Fsp3) is 0.588. The van der Waals surface area contributed by atoms with E-state index >= 15 is 0 Å². The van der Waals surface area contributed by atoms with E-state index < -0.39 is 0 Å². The number of nitrogens with one attached hydrogen (secondary N) is 1. The van der Waals surface area contributed by atoms with Gasteiger partial charge in [-0.3, -0.25) is 0 Å². The molecule has 3 heteroatoms. The third-order valence-electron chi connectivity index (χ3n) is 5.54. The first-order valence-corrected chi connectivity index (χ1v) is 8.01. The predicted octanol–water partition coefficient (Wildman–Crippen LogP) is 4.59. The standard InChI is InChI=1S/C17H19ClN2/c18-16-6-15(2-1-14(16)10-19)20-17-7-11-3-12(8-17)5-13(4-11)9-17/h1-2,6,11-13,20H,3-5,7-9H2. The number of hydrogen-bond acceptors (Lipinski definition) is 2. The van der Waals surface area contributed by atoms with Gasteiger partial charge in [-0.15, -0.1) is 0 Å². The SMILES string of the molecule is N#Cc1ccc(NC23CC4CC(CC(C4)C2)C3)cc1Cl. The van der Waals surface area contributed by atoms with Crippen LogP contribution in [-0.2, 0) is 0 Å². The van der Waals surface area contributed by atoms with Gasteiger partial charge in [0.2, 0.25) is 0 Å². The molecule has 0 atom stereocenters. The molecule has 104 valence electrons.